The molecule has 0 bridgehead atoms. The predicted octanol–water partition coefficient (Wildman–Crippen LogP) is 7.61. The van der Waals surface area contributed by atoms with Crippen LogP contribution < -0.4 is 0 Å². The summed E-state index contributed by atoms with van der Waals surface area (Å²) in [6.45, 7) is 8.89. The van der Waals surface area contributed by atoms with Crippen molar-refractivity contribution < 1.29 is 0 Å². The van der Waals surface area contributed by atoms with Gasteiger partial charge in [-0.05, 0) is 91.9 Å². The van der Waals surface area contributed by atoms with Crippen molar-refractivity contribution in [3.8, 4) is 11.1 Å². The third kappa shape index (κ3) is 3.53. The van der Waals surface area contributed by atoms with Gasteiger partial charge < -0.3 is 0 Å². The topological polar surface area (TPSA) is 0 Å². The van der Waals surface area contributed by atoms with E-state index in [0.29, 0.717) is 0 Å². The molecule has 3 aromatic carbocycles. The fourth-order valence-electron chi connectivity index (χ4n) is 3.74. The zero-order valence-corrected chi connectivity index (χ0v) is 18.0. The molecule has 0 unspecified atom stereocenters. The van der Waals surface area contributed by atoms with Crippen LogP contribution >= 0.6 is 22.6 Å². The van der Waals surface area contributed by atoms with Gasteiger partial charge in [0.1, 0.15) is 0 Å². The van der Waals surface area contributed by atoms with Crippen LogP contribution in [0.3, 0.4) is 0 Å². The summed E-state index contributed by atoms with van der Waals surface area (Å²) in [6.07, 6.45) is 9.53. The SMILES string of the molecule is C=C1/C=C\C=C/Cc2ccc(-c3ccc4cc(I)ccc4c3)cc2C1(C)C. The van der Waals surface area contributed by atoms with E-state index in [4.69, 9.17) is 0 Å². The third-order valence-corrected chi connectivity index (χ3v) is 6.27. The van der Waals surface area contributed by atoms with E-state index in [2.05, 4.69) is 122 Å². The van der Waals surface area contributed by atoms with Crippen LogP contribution in [0, 0.1) is 3.57 Å². The summed E-state index contributed by atoms with van der Waals surface area (Å²) in [5.74, 6) is 0. The molecule has 0 saturated carbocycles. The van der Waals surface area contributed by atoms with E-state index in [0.717, 1.165) is 12.0 Å². The fourth-order valence-corrected chi connectivity index (χ4v) is 4.25. The molecule has 134 valence electrons. The maximum atomic E-state index is 4.34. The Kier molecular flexibility index (Phi) is 4.81. The van der Waals surface area contributed by atoms with Crippen molar-refractivity contribution in [2.75, 3.05) is 0 Å². The van der Waals surface area contributed by atoms with E-state index in [9.17, 15) is 0 Å². The van der Waals surface area contributed by atoms with E-state index in [1.165, 1.54) is 36.6 Å². The summed E-state index contributed by atoms with van der Waals surface area (Å²) >= 11 is 2.37. The lowest BCUT2D eigenvalue weighted by molar-refractivity contribution is 0.635. The maximum absolute atomic E-state index is 4.34. The molecule has 0 aromatic heterocycles. The van der Waals surface area contributed by atoms with Crippen molar-refractivity contribution in [3.63, 3.8) is 0 Å². The van der Waals surface area contributed by atoms with Gasteiger partial charge in [0.25, 0.3) is 0 Å². The molecular weight excluding hydrogens is 439 g/mol. The highest BCUT2D eigenvalue weighted by Crippen LogP contribution is 2.37. The van der Waals surface area contributed by atoms with Crippen molar-refractivity contribution in [2.45, 2.75) is 25.7 Å². The molecule has 0 atom stereocenters. The summed E-state index contributed by atoms with van der Waals surface area (Å²) in [7, 11) is 0. The molecule has 1 aliphatic rings. The predicted molar refractivity (Wildman–Crippen MR) is 126 cm³/mol. The van der Waals surface area contributed by atoms with Crippen molar-refractivity contribution in [1.82, 2.24) is 0 Å². The Morgan fingerprint density at radius 3 is 2.41 bits per heavy atom. The summed E-state index contributed by atoms with van der Waals surface area (Å²) in [5.41, 5.74) is 6.31. The highest BCUT2D eigenvalue weighted by Gasteiger charge is 2.26. The first-order valence-electron chi connectivity index (χ1n) is 9.31. The Bertz CT molecular complexity index is 1100. The van der Waals surface area contributed by atoms with Crippen molar-refractivity contribution in [2.24, 2.45) is 0 Å². The zero-order valence-electron chi connectivity index (χ0n) is 15.8. The third-order valence-electron chi connectivity index (χ3n) is 5.60. The first-order chi connectivity index (χ1) is 12.9. The van der Waals surface area contributed by atoms with Gasteiger partial charge in [-0.2, -0.15) is 0 Å². The summed E-state index contributed by atoms with van der Waals surface area (Å²) in [4.78, 5) is 0. The number of halogens is 1. The molecular formula is C26H23I. The van der Waals surface area contributed by atoms with Crippen LogP contribution in [-0.2, 0) is 11.8 Å². The first-order valence-corrected chi connectivity index (χ1v) is 10.4. The quantitative estimate of drug-likeness (QED) is 0.327. The molecule has 0 radical (unpaired) electrons. The minimum atomic E-state index is -0.0964. The van der Waals surface area contributed by atoms with Crippen LogP contribution in [-0.4, -0.2) is 0 Å². The highest BCUT2D eigenvalue weighted by molar-refractivity contribution is 14.1. The van der Waals surface area contributed by atoms with E-state index >= 15 is 0 Å². The van der Waals surface area contributed by atoms with E-state index < -0.39 is 0 Å². The maximum Gasteiger partial charge on any atom is 0.0143 e. The van der Waals surface area contributed by atoms with Crippen molar-refractivity contribution >= 4 is 33.4 Å². The van der Waals surface area contributed by atoms with Crippen molar-refractivity contribution in [3.05, 3.63) is 106 Å². The summed E-state index contributed by atoms with van der Waals surface area (Å²) < 4.78 is 1.27. The van der Waals surface area contributed by atoms with Gasteiger partial charge in [0, 0.05) is 8.99 Å². The molecule has 1 aliphatic carbocycles. The number of rotatable bonds is 1. The van der Waals surface area contributed by atoms with Crippen LogP contribution in [0.15, 0.2) is 91.1 Å². The minimum Gasteiger partial charge on any atom is -0.0949 e. The normalized spacial score (nSPS) is 18.3. The van der Waals surface area contributed by atoms with Crippen LogP contribution in [0.25, 0.3) is 21.9 Å². The second-order valence-electron chi connectivity index (χ2n) is 7.72. The Labute approximate surface area is 175 Å². The molecule has 0 aliphatic heterocycles. The number of benzene rings is 3. The molecule has 0 amide bonds. The fraction of sp³-hybridized carbons (Fsp3) is 0.154. The molecule has 0 heterocycles. The highest BCUT2D eigenvalue weighted by atomic mass is 127. The Balaban J connectivity index is 1.85. The van der Waals surface area contributed by atoms with Crippen LogP contribution in [0.4, 0.5) is 0 Å². The van der Waals surface area contributed by atoms with Crippen LogP contribution in [0.2, 0.25) is 0 Å². The molecule has 0 fully saturated rings. The van der Waals surface area contributed by atoms with Gasteiger partial charge in [-0.15, -0.1) is 0 Å². The van der Waals surface area contributed by atoms with Crippen LogP contribution in [0.1, 0.15) is 25.0 Å². The number of hydrogen-bond donors (Lipinski definition) is 0. The lowest BCUT2D eigenvalue weighted by Crippen LogP contribution is -2.20. The smallest absolute Gasteiger partial charge is 0.0143 e. The van der Waals surface area contributed by atoms with Gasteiger partial charge in [0.15, 0.2) is 0 Å². The first kappa shape index (κ1) is 18.2. The molecule has 3 aromatic rings. The van der Waals surface area contributed by atoms with Gasteiger partial charge >= 0.3 is 0 Å². The van der Waals surface area contributed by atoms with Crippen LogP contribution in [0.5, 0.6) is 0 Å². The molecule has 0 nitrogen and oxygen atoms in total. The second-order valence-corrected chi connectivity index (χ2v) is 8.97. The van der Waals surface area contributed by atoms with E-state index in [1.54, 1.807) is 0 Å². The molecule has 1 heteroatoms. The minimum absolute atomic E-state index is 0.0964. The van der Waals surface area contributed by atoms with Gasteiger partial charge in [0.2, 0.25) is 0 Å². The standard InChI is InChI=1S/C26H23I/c1-18-7-5-4-6-8-19-9-10-23(17-25(19)26(18,2)3)20-11-12-22-16-24(27)14-13-21(22)15-20/h4-7,9-17H,1,8H2,2-3H3/b6-4-,7-5-. The Morgan fingerprint density at radius 1 is 0.852 bits per heavy atom. The van der Waals surface area contributed by atoms with E-state index in [-0.39, 0.29) is 5.41 Å². The molecule has 0 saturated heterocycles. The lowest BCUT2D eigenvalue weighted by Gasteiger charge is -2.29. The molecule has 0 N–H and O–H groups in total. The molecule has 4 rings (SSSR count). The Hall–Kier alpha value is -2.13. The van der Waals surface area contributed by atoms with Gasteiger partial charge in [-0.25, -0.2) is 0 Å². The zero-order chi connectivity index (χ0) is 19.0. The number of hydrogen-bond acceptors (Lipinski definition) is 0. The molecule has 27 heavy (non-hydrogen) atoms. The van der Waals surface area contributed by atoms with Crippen molar-refractivity contribution in [1.29, 1.82) is 0 Å². The second kappa shape index (κ2) is 7.12. The lowest BCUT2D eigenvalue weighted by atomic mass is 9.75. The monoisotopic (exact) mass is 462 g/mol. The Morgan fingerprint density at radius 2 is 1.56 bits per heavy atom. The average molecular weight is 462 g/mol. The number of allylic oxidation sites excluding steroid dienone is 5. The van der Waals surface area contributed by atoms with E-state index in [1.807, 2.05) is 0 Å². The summed E-state index contributed by atoms with van der Waals surface area (Å²) in [5, 5.41) is 2.57. The largest absolute Gasteiger partial charge is 0.0949 e. The van der Waals surface area contributed by atoms with Gasteiger partial charge in [0.05, 0.1) is 0 Å². The average Bonchev–Trinajstić information content (AvgIpc) is 2.71. The van der Waals surface area contributed by atoms with Gasteiger partial charge in [-0.3, -0.25) is 0 Å². The van der Waals surface area contributed by atoms with Gasteiger partial charge in [-0.1, -0.05) is 75.1 Å². The molecule has 0 spiro atoms. The number of fused-ring (bicyclic) bond motifs is 2. The summed E-state index contributed by atoms with van der Waals surface area (Å²) in [6, 6.07) is 20.3.